The maximum atomic E-state index is 12.7. The number of hydrogen-bond acceptors (Lipinski definition) is 3. The topological polar surface area (TPSA) is 78.1 Å². The quantitative estimate of drug-likeness (QED) is 0.905. The second kappa shape index (κ2) is 5.92. The zero-order chi connectivity index (χ0) is 16.7. The Morgan fingerprint density at radius 3 is 2.71 bits per heavy atom. The number of H-pyrrole nitrogens is 1. The van der Waals surface area contributed by atoms with E-state index in [2.05, 4.69) is 15.3 Å². The van der Waals surface area contributed by atoms with Crippen LogP contribution in [0.1, 0.15) is 41.7 Å². The lowest BCUT2D eigenvalue weighted by atomic mass is 10.0. The van der Waals surface area contributed by atoms with E-state index in [9.17, 15) is 9.59 Å². The van der Waals surface area contributed by atoms with Crippen molar-refractivity contribution in [3.05, 3.63) is 29.6 Å². The van der Waals surface area contributed by atoms with Gasteiger partial charge in [0.2, 0.25) is 5.91 Å². The molecule has 0 atom stereocenters. The van der Waals surface area contributed by atoms with E-state index in [1.807, 2.05) is 24.0 Å². The first-order chi connectivity index (χ1) is 11.6. The predicted molar refractivity (Wildman–Crippen MR) is 90.6 cm³/mol. The Labute approximate surface area is 140 Å². The molecule has 24 heavy (non-hydrogen) atoms. The molecule has 2 amide bonds. The summed E-state index contributed by atoms with van der Waals surface area (Å²) < 4.78 is 0. The van der Waals surface area contributed by atoms with Gasteiger partial charge in [-0.15, -0.1) is 0 Å². The number of aromatic amines is 1. The fourth-order valence-corrected chi connectivity index (χ4v) is 3.53. The second-order valence-electron chi connectivity index (χ2n) is 6.87. The smallest absolute Gasteiger partial charge is 0.254 e. The first kappa shape index (κ1) is 15.2. The van der Waals surface area contributed by atoms with E-state index in [1.54, 1.807) is 6.20 Å². The third-order valence-electron chi connectivity index (χ3n) is 5.05. The van der Waals surface area contributed by atoms with Gasteiger partial charge in [0.05, 0.1) is 5.56 Å². The van der Waals surface area contributed by atoms with E-state index >= 15 is 0 Å². The van der Waals surface area contributed by atoms with Crippen LogP contribution >= 0.6 is 0 Å². The van der Waals surface area contributed by atoms with Gasteiger partial charge in [-0.25, -0.2) is 4.98 Å². The highest BCUT2D eigenvalue weighted by Gasteiger charge is 2.35. The molecule has 4 rings (SSSR count). The van der Waals surface area contributed by atoms with Crippen LogP contribution in [0.25, 0.3) is 11.0 Å². The average molecular weight is 326 g/mol. The number of amides is 2. The zero-order valence-corrected chi connectivity index (χ0v) is 13.8. The van der Waals surface area contributed by atoms with Crippen molar-refractivity contribution in [3.63, 3.8) is 0 Å². The lowest BCUT2D eigenvalue weighted by Gasteiger charge is -2.32. The van der Waals surface area contributed by atoms with Crippen LogP contribution in [0, 0.1) is 12.8 Å². The lowest BCUT2D eigenvalue weighted by molar-refractivity contribution is -0.133. The number of nitrogens with one attached hydrogen (secondary N) is 2. The molecule has 2 aromatic heterocycles. The average Bonchev–Trinajstić information content (AvgIpc) is 3.37. The Hall–Kier alpha value is -2.37. The van der Waals surface area contributed by atoms with Crippen LogP contribution in [0.2, 0.25) is 0 Å². The molecule has 126 valence electrons. The Morgan fingerprint density at radius 2 is 2.00 bits per heavy atom. The number of carbonyl (C=O) groups is 2. The molecular formula is C18H22N4O2. The number of aromatic nitrogens is 2. The van der Waals surface area contributed by atoms with Crippen molar-refractivity contribution in [2.75, 3.05) is 13.1 Å². The van der Waals surface area contributed by atoms with Gasteiger partial charge >= 0.3 is 0 Å². The number of piperidine rings is 1. The van der Waals surface area contributed by atoms with E-state index in [1.165, 1.54) is 0 Å². The molecule has 1 aliphatic carbocycles. The van der Waals surface area contributed by atoms with Crippen molar-refractivity contribution in [1.82, 2.24) is 20.2 Å². The molecule has 0 spiro atoms. The second-order valence-corrected chi connectivity index (χ2v) is 6.87. The minimum atomic E-state index is -0.0567. The third kappa shape index (κ3) is 2.77. The van der Waals surface area contributed by atoms with Crippen LogP contribution in [0.15, 0.2) is 18.3 Å². The van der Waals surface area contributed by atoms with Gasteiger partial charge in [0.25, 0.3) is 5.91 Å². The minimum absolute atomic E-state index is 0.0567. The van der Waals surface area contributed by atoms with Crippen molar-refractivity contribution in [1.29, 1.82) is 0 Å². The van der Waals surface area contributed by atoms with Crippen molar-refractivity contribution in [2.24, 2.45) is 5.92 Å². The fourth-order valence-electron chi connectivity index (χ4n) is 3.53. The van der Waals surface area contributed by atoms with Crippen molar-refractivity contribution >= 4 is 22.8 Å². The van der Waals surface area contributed by atoms with E-state index in [4.69, 9.17) is 0 Å². The van der Waals surface area contributed by atoms with E-state index < -0.39 is 0 Å². The maximum absolute atomic E-state index is 12.7. The van der Waals surface area contributed by atoms with E-state index in [-0.39, 0.29) is 17.9 Å². The van der Waals surface area contributed by atoms with Gasteiger partial charge in [0.15, 0.2) is 0 Å². The molecular weight excluding hydrogens is 304 g/mol. The monoisotopic (exact) mass is 326 g/mol. The summed E-state index contributed by atoms with van der Waals surface area (Å²) in [5, 5.41) is 3.99. The summed E-state index contributed by atoms with van der Waals surface area (Å²) in [5.41, 5.74) is 2.25. The highest BCUT2D eigenvalue weighted by molar-refractivity contribution is 6.07. The van der Waals surface area contributed by atoms with Gasteiger partial charge in [-0.1, -0.05) is 0 Å². The summed E-state index contributed by atoms with van der Waals surface area (Å²) in [6.45, 7) is 3.39. The van der Waals surface area contributed by atoms with Crippen LogP contribution in [0.3, 0.4) is 0 Å². The highest BCUT2D eigenvalue weighted by Crippen LogP contribution is 2.32. The molecule has 1 saturated heterocycles. The number of fused-ring (bicyclic) bond motifs is 1. The van der Waals surface area contributed by atoms with Crippen molar-refractivity contribution < 1.29 is 9.59 Å². The van der Waals surface area contributed by atoms with Crippen molar-refractivity contribution in [3.8, 4) is 0 Å². The number of carbonyl (C=O) groups excluding carboxylic acids is 2. The van der Waals surface area contributed by atoms with Gasteiger partial charge < -0.3 is 15.2 Å². The Balaban J connectivity index is 1.41. The van der Waals surface area contributed by atoms with E-state index in [0.717, 1.165) is 55.5 Å². The molecule has 6 heteroatoms. The van der Waals surface area contributed by atoms with E-state index in [0.29, 0.717) is 11.5 Å². The van der Waals surface area contributed by atoms with Crippen LogP contribution in [0.4, 0.5) is 0 Å². The van der Waals surface area contributed by atoms with Gasteiger partial charge in [0.1, 0.15) is 5.65 Å². The normalized spacial score (nSPS) is 18.8. The molecule has 6 nitrogen and oxygen atoms in total. The molecule has 0 radical (unpaired) electrons. The number of aryl methyl sites for hydroxylation is 1. The van der Waals surface area contributed by atoms with Crippen LogP contribution in [0.5, 0.6) is 0 Å². The molecule has 2 N–H and O–H groups in total. The molecule has 2 fully saturated rings. The summed E-state index contributed by atoms with van der Waals surface area (Å²) in [6, 6.07) is 3.88. The maximum Gasteiger partial charge on any atom is 0.254 e. The summed E-state index contributed by atoms with van der Waals surface area (Å²) in [7, 11) is 0. The number of nitrogens with zero attached hydrogens (tertiary/aromatic N) is 2. The minimum Gasteiger partial charge on any atom is -0.349 e. The molecule has 0 unspecified atom stereocenters. The number of hydrogen-bond donors (Lipinski definition) is 2. The number of rotatable bonds is 3. The SMILES string of the molecule is Cc1[nH]c2ncccc2c1C(=O)NC1CCN(C(=O)C2CC2)CC1. The molecule has 0 aromatic carbocycles. The lowest BCUT2D eigenvalue weighted by Crippen LogP contribution is -2.47. The number of pyridine rings is 1. The third-order valence-corrected chi connectivity index (χ3v) is 5.05. The largest absolute Gasteiger partial charge is 0.349 e. The predicted octanol–water partition coefficient (Wildman–Crippen LogP) is 2.00. The Kier molecular flexibility index (Phi) is 3.75. The highest BCUT2D eigenvalue weighted by atomic mass is 16.2. The van der Waals surface area contributed by atoms with Gasteiger partial charge in [-0.3, -0.25) is 9.59 Å². The van der Waals surface area contributed by atoms with Gasteiger partial charge in [-0.2, -0.15) is 0 Å². The Morgan fingerprint density at radius 1 is 1.25 bits per heavy atom. The van der Waals surface area contributed by atoms with Gasteiger partial charge in [0, 0.05) is 42.3 Å². The van der Waals surface area contributed by atoms with Crippen LogP contribution in [-0.2, 0) is 4.79 Å². The molecule has 1 saturated carbocycles. The zero-order valence-electron chi connectivity index (χ0n) is 13.8. The van der Waals surface area contributed by atoms with Crippen LogP contribution < -0.4 is 5.32 Å². The summed E-state index contributed by atoms with van der Waals surface area (Å²) >= 11 is 0. The number of likely N-dealkylation sites (tertiary alicyclic amines) is 1. The standard InChI is InChI=1S/C18H22N4O2/c1-11-15(14-3-2-8-19-16(14)20-11)17(23)21-13-6-9-22(10-7-13)18(24)12-4-5-12/h2-3,8,12-13H,4-7,9-10H2,1H3,(H,19,20)(H,21,23). The molecule has 2 aliphatic rings. The molecule has 0 bridgehead atoms. The molecule has 2 aromatic rings. The fraction of sp³-hybridized carbons (Fsp3) is 0.500. The van der Waals surface area contributed by atoms with Crippen molar-refractivity contribution in [2.45, 2.75) is 38.6 Å². The summed E-state index contributed by atoms with van der Waals surface area (Å²) in [5.74, 6) is 0.523. The summed E-state index contributed by atoms with van der Waals surface area (Å²) in [4.78, 5) is 34.2. The van der Waals surface area contributed by atoms with Gasteiger partial charge in [-0.05, 0) is 44.7 Å². The van der Waals surface area contributed by atoms with Crippen LogP contribution in [-0.4, -0.2) is 45.8 Å². The Bertz CT molecular complexity index is 785. The summed E-state index contributed by atoms with van der Waals surface area (Å²) in [6.07, 6.45) is 5.45. The first-order valence-electron chi connectivity index (χ1n) is 8.66. The molecule has 3 heterocycles. The molecule has 1 aliphatic heterocycles. The first-order valence-corrected chi connectivity index (χ1v) is 8.66.